The topological polar surface area (TPSA) is 115 Å². The van der Waals surface area contributed by atoms with Crippen LogP contribution in [0.25, 0.3) is 0 Å². The Morgan fingerprint density at radius 2 is 1.33 bits per heavy atom. The highest BCUT2D eigenvalue weighted by atomic mass is 31.2. The van der Waals surface area contributed by atoms with Crippen LogP contribution in [0.15, 0.2) is 47.4 Å². The molecule has 2 aromatic rings. The second-order valence-corrected chi connectivity index (χ2v) is 13.1. The molecule has 1 atom stereocenters. The van der Waals surface area contributed by atoms with E-state index in [9.17, 15) is 9.36 Å². The zero-order chi connectivity index (χ0) is 30.9. The average Bonchev–Trinajstić information content (AvgIpc) is 3.01. The molecule has 1 aromatic carbocycles. The van der Waals surface area contributed by atoms with E-state index >= 15 is 0 Å². The highest BCUT2D eigenvalue weighted by Crippen LogP contribution is 2.48. The maximum atomic E-state index is 13.4. The fourth-order valence-corrected chi connectivity index (χ4v) is 6.00. The Kier molecular flexibility index (Phi) is 21.0. The van der Waals surface area contributed by atoms with Crippen LogP contribution in [-0.2, 0) is 36.2 Å². The number of benzene rings is 1. The van der Waals surface area contributed by atoms with Gasteiger partial charge in [0.25, 0.3) is 0 Å². The zero-order valence-corrected chi connectivity index (χ0v) is 27.4. The summed E-state index contributed by atoms with van der Waals surface area (Å²) in [7, 11) is -3.54. The summed E-state index contributed by atoms with van der Waals surface area (Å²) in [5.41, 5.74) is 5.95. The van der Waals surface area contributed by atoms with Crippen LogP contribution in [-0.4, -0.2) is 42.3 Å². The van der Waals surface area contributed by atoms with Crippen molar-refractivity contribution in [1.29, 1.82) is 0 Å². The van der Waals surface area contributed by atoms with E-state index in [1.165, 1.54) is 94.1 Å². The second-order valence-electron chi connectivity index (χ2n) is 11.1. The van der Waals surface area contributed by atoms with Crippen molar-refractivity contribution in [2.24, 2.45) is 0 Å². The lowest BCUT2D eigenvalue weighted by molar-refractivity contribution is 0.0754. The first-order valence-corrected chi connectivity index (χ1v) is 18.2. The molecule has 1 aromatic heterocycles. The normalized spacial score (nSPS) is 12.9. The van der Waals surface area contributed by atoms with Gasteiger partial charge in [-0.05, 0) is 18.1 Å². The van der Waals surface area contributed by atoms with E-state index in [-0.39, 0.29) is 38.5 Å². The van der Waals surface area contributed by atoms with Crippen LogP contribution < -0.4 is 11.4 Å². The van der Waals surface area contributed by atoms with Gasteiger partial charge >= 0.3 is 13.3 Å². The average molecular weight is 622 g/mol. The number of nitrogens with zero attached hydrogens (tertiary/aromatic N) is 2. The first-order valence-electron chi connectivity index (χ1n) is 16.4. The summed E-state index contributed by atoms with van der Waals surface area (Å²) in [6.07, 6.45) is 21.3. The third-order valence-corrected chi connectivity index (χ3v) is 8.90. The SMILES string of the molecule is CCCCCCCCCCCCCCCCCOCCOP(=O)(COCCn1ccc(N)nc1=O)OCc1ccccc1. The minimum Gasteiger partial charge on any atom is -0.383 e. The molecule has 0 aliphatic rings. The monoisotopic (exact) mass is 621 g/mol. The lowest BCUT2D eigenvalue weighted by Crippen LogP contribution is -2.25. The second kappa shape index (κ2) is 24.3. The number of rotatable bonds is 28. The third-order valence-electron chi connectivity index (χ3n) is 7.30. The van der Waals surface area contributed by atoms with E-state index in [2.05, 4.69) is 11.9 Å². The molecule has 0 fully saturated rings. The molecule has 0 aliphatic carbocycles. The number of anilines is 1. The van der Waals surface area contributed by atoms with Crippen LogP contribution >= 0.6 is 7.60 Å². The Hall–Kier alpha value is -2.03. The smallest absolute Gasteiger partial charge is 0.356 e. The van der Waals surface area contributed by atoms with Crippen LogP contribution in [0.3, 0.4) is 0 Å². The number of hydrogen-bond acceptors (Lipinski definition) is 8. The summed E-state index contributed by atoms with van der Waals surface area (Å²) >= 11 is 0. The molecular weight excluding hydrogens is 565 g/mol. The molecule has 43 heavy (non-hydrogen) atoms. The van der Waals surface area contributed by atoms with E-state index in [1.807, 2.05) is 30.3 Å². The zero-order valence-electron chi connectivity index (χ0n) is 26.5. The van der Waals surface area contributed by atoms with Crippen molar-refractivity contribution in [2.75, 3.05) is 38.5 Å². The molecule has 0 bridgehead atoms. The molecule has 0 spiro atoms. The van der Waals surface area contributed by atoms with Crippen molar-refractivity contribution in [3.8, 4) is 0 Å². The van der Waals surface area contributed by atoms with Crippen molar-refractivity contribution in [3.05, 3.63) is 58.6 Å². The highest BCUT2D eigenvalue weighted by Gasteiger charge is 2.25. The van der Waals surface area contributed by atoms with Crippen molar-refractivity contribution in [1.82, 2.24) is 9.55 Å². The van der Waals surface area contributed by atoms with Gasteiger partial charge in [0.1, 0.15) is 12.2 Å². The number of nitrogen functional groups attached to an aromatic ring is 1. The lowest BCUT2D eigenvalue weighted by atomic mass is 10.0. The summed E-state index contributed by atoms with van der Waals surface area (Å²) < 4.78 is 37.4. The predicted octanol–water partition coefficient (Wildman–Crippen LogP) is 8.11. The largest absolute Gasteiger partial charge is 0.383 e. The van der Waals surface area contributed by atoms with Crippen LogP contribution in [0, 0.1) is 0 Å². The van der Waals surface area contributed by atoms with Gasteiger partial charge in [-0.3, -0.25) is 9.13 Å². The predicted molar refractivity (Wildman–Crippen MR) is 174 cm³/mol. The molecule has 1 unspecified atom stereocenters. The fraction of sp³-hybridized carbons (Fsp3) is 0.697. The van der Waals surface area contributed by atoms with Crippen molar-refractivity contribution < 1.29 is 23.1 Å². The first kappa shape index (κ1) is 37.2. The Labute approximate surface area is 259 Å². The molecule has 0 aliphatic heterocycles. The number of aromatic nitrogens is 2. The van der Waals surface area contributed by atoms with Crippen LogP contribution in [0.4, 0.5) is 5.82 Å². The van der Waals surface area contributed by atoms with Gasteiger partial charge in [-0.1, -0.05) is 127 Å². The maximum Gasteiger partial charge on any atom is 0.356 e. The Balaban J connectivity index is 1.52. The standard InChI is InChI=1S/C33H56N3O6P/c1-2-3-4-5-6-7-8-9-10-11-12-13-14-15-19-25-39-27-28-41-43(38,42-29-31-20-17-16-18-21-31)30-40-26-24-36-23-22-32(34)35-33(36)37/h16-18,20-23H,2-15,19,24-30H2,1H3,(H2,34,35,37). The van der Waals surface area contributed by atoms with Gasteiger partial charge in [0.2, 0.25) is 0 Å². The van der Waals surface area contributed by atoms with Gasteiger partial charge in [0.05, 0.1) is 33.0 Å². The molecule has 2 N–H and O–H groups in total. The van der Waals surface area contributed by atoms with Gasteiger partial charge in [-0.15, -0.1) is 0 Å². The highest BCUT2D eigenvalue weighted by molar-refractivity contribution is 7.53. The van der Waals surface area contributed by atoms with Crippen LogP contribution in [0.5, 0.6) is 0 Å². The molecule has 0 saturated heterocycles. The molecule has 0 amide bonds. The van der Waals surface area contributed by atoms with E-state index in [1.54, 1.807) is 6.20 Å². The molecule has 244 valence electrons. The Morgan fingerprint density at radius 1 is 0.721 bits per heavy atom. The summed E-state index contributed by atoms with van der Waals surface area (Å²) in [6.45, 7) is 3.95. The summed E-state index contributed by atoms with van der Waals surface area (Å²) in [4.78, 5) is 15.6. The lowest BCUT2D eigenvalue weighted by Gasteiger charge is -2.19. The number of ether oxygens (including phenoxy) is 2. The molecule has 2 rings (SSSR count). The van der Waals surface area contributed by atoms with E-state index in [4.69, 9.17) is 24.3 Å². The fourth-order valence-electron chi connectivity index (χ4n) is 4.72. The quantitative estimate of drug-likeness (QED) is 0.0748. The van der Waals surface area contributed by atoms with Gasteiger partial charge in [0, 0.05) is 12.8 Å². The van der Waals surface area contributed by atoms with Crippen LogP contribution in [0.2, 0.25) is 0 Å². The van der Waals surface area contributed by atoms with Crippen LogP contribution in [0.1, 0.15) is 109 Å². The Morgan fingerprint density at radius 3 is 1.93 bits per heavy atom. The van der Waals surface area contributed by atoms with E-state index in [0.29, 0.717) is 13.2 Å². The molecule has 9 nitrogen and oxygen atoms in total. The van der Waals surface area contributed by atoms with E-state index in [0.717, 1.165) is 18.4 Å². The Bertz CT molecular complexity index is 1050. The van der Waals surface area contributed by atoms with Crippen molar-refractivity contribution >= 4 is 13.4 Å². The van der Waals surface area contributed by atoms with Gasteiger partial charge in [-0.2, -0.15) is 4.98 Å². The molecule has 0 radical (unpaired) electrons. The number of unbranched alkanes of at least 4 members (excludes halogenated alkanes) is 14. The minimum absolute atomic E-state index is 0.142. The molecule has 1 heterocycles. The summed E-state index contributed by atoms with van der Waals surface area (Å²) in [5.74, 6) is 0.163. The maximum absolute atomic E-state index is 13.4. The summed E-state index contributed by atoms with van der Waals surface area (Å²) in [6, 6.07) is 11.0. The molecule has 0 saturated carbocycles. The first-order chi connectivity index (χ1) is 21.0. The van der Waals surface area contributed by atoms with Gasteiger partial charge in [0.15, 0.2) is 0 Å². The minimum atomic E-state index is -3.54. The number of hydrogen-bond donors (Lipinski definition) is 1. The van der Waals surface area contributed by atoms with Gasteiger partial charge < -0.3 is 24.3 Å². The van der Waals surface area contributed by atoms with E-state index < -0.39 is 13.3 Å². The molecular formula is C33H56N3O6P. The van der Waals surface area contributed by atoms with Crippen molar-refractivity contribution in [3.63, 3.8) is 0 Å². The molecule has 10 heteroatoms. The number of nitrogens with two attached hydrogens (primary N) is 1. The van der Waals surface area contributed by atoms with Crippen molar-refractivity contribution in [2.45, 2.75) is 116 Å². The summed E-state index contributed by atoms with van der Waals surface area (Å²) in [5, 5.41) is 0. The van der Waals surface area contributed by atoms with Gasteiger partial charge in [-0.25, -0.2) is 4.79 Å². The third kappa shape index (κ3) is 19.1.